The average Bonchev–Trinajstić information content (AvgIpc) is 3.00. The van der Waals surface area contributed by atoms with Gasteiger partial charge < -0.3 is 20.9 Å². The zero-order chi connectivity index (χ0) is 29.2. The Morgan fingerprint density at radius 3 is 2.17 bits per heavy atom. The predicted molar refractivity (Wildman–Crippen MR) is 174 cm³/mol. The minimum atomic E-state index is -0.374. The molecule has 3 heterocycles. The van der Waals surface area contributed by atoms with E-state index in [2.05, 4.69) is 39.1 Å². The summed E-state index contributed by atoms with van der Waals surface area (Å²) in [5.41, 5.74) is 12.6. The number of anilines is 1. The van der Waals surface area contributed by atoms with Crippen LogP contribution in [0.3, 0.4) is 0 Å². The number of amides is 1. The van der Waals surface area contributed by atoms with Crippen molar-refractivity contribution in [1.82, 2.24) is 15.1 Å². The van der Waals surface area contributed by atoms with Crippen LogP contribution in [0.25, 0.3) is 5.57 Å². The highest BCUT2D eigenvalue weighted by atomic mass is 35.5. The Labute approximate surface area is 257 Å². The van der Waals surface area contributed by atoms with E-state index in [9.17, 15) is 4.79 Å². The van der Waals surface area contributed by atoms with Crippen molar-refractivity contribution in [3.8, 4) is 0 Å². The SMILES string of the molecule is CC1(CN2CCC3(CCNCC3)CC2)CCC(c2ccc(Cl)cc2)=C(CN2CCN(c3ccc(C(N)=O)cc3)CC2)C1. The Bertz CT molecular complexity index is 1250. The normalized spacial score (nSPS) is 25.6. The molecule has 6 rings (SSSR count). The number of allylic oxidation sites excluding steroid dienone is 1. The van der Waals surface area contributed by atoms with Gasteiger partial charge in [-0.25, -0.2) is 0 Å². The molecule has 1 unspecified atom stereocenters. The number of rotatable bonds is 7. The van der Waals surface area contributed by atoms with E-state index in [1.54, 1.807) is 11.1 Å². The van der Waals surface area contributed by atoms with Crippen molar-refractivity contribution in [2.24, 2.45) is 16.6 Å². The Morgan fingerprint density at radius 2 is 1.52 bits per heavy atom. The number of piperidine rings is 2. The number of carbonyl (C=O) groups excluding carboxylic acids is 1. The molecule has 3 N–H and O–H groups in total. The Morgan fingerprint density at radius 1 is 0.857 bits per heavy atom. The van der Waals surface area contributed by atoms with Gasteiger partial charge in [0.25, 0.3) is 0 Å². The molecule has 0 bridgehead atoms. The van der Waals surface area contributed by atoms with Crippen LogP contribution in [0.4, 0.5) is 5.69 Å². The number of nitrogens with zero attached hydrogens (tertiary/aromatic N) is 3. The van der Waals surface area contributed by atoms with Gasteiger partial charge in [-0.3, -0.25) is 9.69 Å². The van der Waals surface area contributed by atoms with Gasteiger partial charge >= 0.3 is 0 Å². The number of nitrogens with two attached hydrogens (primary N) is 1. The summed E-state index contributed by atoms with van der Waals surface area (Å²) >= 11 is 6.28. The molecule has 1 atom stereocenters. The maximum Gasteiger partial charge on any atom is 0.248 e. The van der Waals surface area contributed by atoms with E-state index >= 15 is 0 Å². The molecular formula is C35H48ClN5O. The Hall–Kier alpha value is -2.38. The van der Waals surface area contributed by atoms with Gasteiger partial charge in [-0.1, -0.05) is 36.2 Å². The fourth-order valence-electron chi connectivity index (χ4n) is 8.05. The average molecular weight is 590 g/mol. The lowest BCUT2D eigenvalue weighted by atomic mass is 9.69. The van der Waals surface area contributed by atoms with Crippen LogP contribution in [0.1, 0.15) is 67.8 Å². The standard InChI is InChI=1S/C35H48ClN5O/c1-34(26-40-18-14-35(15-19-40)12-16-38-17-13-35)11-10-32(27-2-6-30(36)7-3-27)29(24-34)25-39-20-22-41(23-21-39)31-8-4-28(5-9-31)33(37)42/h2-9,38H,10-26H2,1H3,(H2,37,42). The van der Waals surface area contributed by atoms with Crippen molar-refractivity contribution in [2.45, 2.75) is 51.9 Å². The summed E-state index contributed by atoms with van der Waals surface area (Å²) < 4.78 is 0. The molecule has 1 aliphatic carbocycles. The molecule has 3 saturated heterocycles. The number of hydrogen-bond donors (Lipinski definition) is 2. The van der Waals surface area contributed by atoms with E-state index in [1.165, 1.54) is 82.5 Å². The van der Waals surface area contributed by atoms with Crippen LogP contribution < -0.4 is 16.0 Å². The molecular weight excluding hydrogens is 542 g/mol. The molecule has 0 aromatic heterocycles. The number of likely N-dealkylation sites (tertiary alicyclic amines) is 1. The molecule has 1 amide bonds. The summed E-state index contributed by atoms with van der Waals surface area (Å²) in [5.74, 6) is -0.374. The molecule has 4 aliphatic rings. The number of nitrogens with one attached hydrogen (secondary N) is 1. The van der Waals surface area contributed by atoms with Gasteiger partial charge in [0.1, 0.15) is 0 Å². The molecule has 2 aromatic rings. The molecule has 3 fully saturated rings. The summed E-state index contributed by atoms with van der Waals surface area (Å²) in [6.07, 6.45) is 9.03. The number of carbonyl (C=O) groups is 1. The molecule has 0 saturated carbocycles. The van der Waals surface area contributed by atoms with E-state index in [0.717, 1.165) is 44.2 Å². The lowest BCUT2D eigenvalue weighted by molar-refractivity contribution is 0.0465. The molecule has 2 aromatic carbocycles. The Kier molecular flexibility index (Phi) is 8.97. The summed E-state index contributed by atoms with van der Waals surface area (Å²) in [4.78, 5) is 19.3. The van der Waals surface area contributed by atoms with Crippen LogP contribution in [-0.2, 0) is 0 Å². The van der Waals surface area contributed by atoms with E-state index in [1.807, 2.05) is 36.4 Å². The van der Waals surface area contributed by atoms with Gasteiger partial charge in [0.2, 0.25) is 5.91 Å². The summed E-state index contributed by atoms with van der Waals surface area (Å²) in [6, 6.07) is 16.3. The first-order valence-electron chi connectivity index (χ1n) is 16.1. The number of benzene rings is 2. The second kappa shape index (κ2) is 12.7. The van der Waals surface area contributed by atoms with E-state index in [-0.39, 0.29) is 5.91 Å². The third-order valence-corrected chi connectivity index (χ3v) is 11.0. The monoisotopic (exact) mass is 589 g/mol. The minimum Gasteiger partial charge on any atom is -0.369 e. The highest BCUT2D eigenvalue weighted by Crippen LogP contribution is 2.45. The van der Waals surface area contributed by atoms with Crippen molar-refractivity contribution >= 4 is 28.8 Å². The van der Waals surface area contributed by atoms with Crippen molar-refractivity contribution < 1.29 is 4.79 Å². The molecule has 6 nitrogen and oxygen atoms in total. The largest absolute Gasteiger partial charge is 0.369 e. The number of primary amides is 1. The highest BCUT2D eigenvalue weighted by molar-refractivity contribution is 6.30. The first-order valence-corrected chi connectivity index (χ1v) is 16.4. The van der Waals surface area contributed by atoms with E-state index in [4.69, 9.17) is 17.3 Å². The number of piperazine rings is 1. The third kappa shape index (κ3) is 6.88. The van der Waals surface area contributed by atoms with Crippen molar-refractivity contribution in [3.63, 3.8) is 0 Å². The lowest BCUT2D eigenvalue weighted by Gasteiger charge is -2.48. The first-order chi connectivity index (χ1) is 20.3. The van der Waals surface area contributed by atoms with Crippen molar-refractivity contribution in [3.05, 3.63) is 70.3 Å². The Balaban J connectivity index is 1.12. The second-order valence-electron chi connectivity index (χ2n) is 13.8. The zero-order valence-corrected chi connectivity index (χ0v) is 26.1. The fraction of sp³-hybridized carbons (Fsp3) is 0.571. The first kappa shape index (κ1) is 29.7. The van der Waals surface area contributed by atoms with E-state index < -0.39 is 0 Å². The number of halogens is 1. The van der Waals surface area contributed by atoms with E-state index in [0.29, 0.717) is 16.4 Å². The maximum atomic E-state index is 11.5. The van der Waals surface area contributed by atoms with Crippen LogP contribution >= 0.6 is 11.6 Å². The number of hydrogen-bond acceptors (Lipinski definition) is 5. The summed E-state index contributed by atoms with van der Waals surface area (Å²) in [6.45, 7) is 13.8. The van der Waals surface area contributed by atoms with Crippen LogP contribution in [0.5, 0.6) is 0 Å². The zero-order valence-electron chi connectivity index (χ0n) is 25.3. The molecule has 226 valence electrons. The van der Waals surface area contributed by atoms with Crippen LogP contribution in [0.15, 0.2) is 54.1 Å². The van der Waals surface area contributed by atoms with Gasteiger partial charge in [0, 0.05) is 55.5 Å². The van der Waals surface area contributed by atoms with Crippen LogP contribution in [0.2, 0.25) is 5.02 Å². The molecule has 3 aliphatic heterocycles. The van der Waals surface area contributed by atoms with Gasteiger partial charge in [0.05, 0.1) is 0 Å². The van der Waals surface area contributed by atoms with Gasteiger partial charge in [-0.15, -0.1) is 0 Å². The predicted octanol–water partition coefficient (Wildman–Crippen LogP) is 5.67. The van der Waals surface area contributed by atoms with Gasteiger partial charge in [-0.2, -0.15) is 0 Å². The smallest absolute Gasteiger partial charge is 0.248 e. The minimum absolute atomic E-state index is 0.313. The second-order valence-corrected chi connectivity index (χ2v) is 14.2. The summed E-state index contributed by atoms with van der Waals surface area (Å²) in [5, 5.41) is 4.37. The molecule has 7 heteroatoms. The highest BCUT2D eigenvalue weighted by Gasteiger charge is 2.39. The van der Waals surface area contributed by atoms with Crippen molar-refractivity contribution in [1.29, 1.82) is 0 Å². The van der Waals surface area contributed by atoms with Crippen molar-refractivity contribution in [2.75, 3.05) is 70.3 Å². The maximum absolute atomic E-state index is 11.5. The third-order valence-electron chi connectivity index (χ3n) is 10.7. The van der Waals surface area contributed by atoms with Gasteiger partial charge in [-0.05, 0) is 129 Å². The van der Waals surface area contributed by atoms with Gasteiger partial charge in [0.15, 0.2) is 0 Å². The topological polar surface area (TPSA) is 64.8 Å². The molecule has 1 spiro atoms. The molecule has 0 radical (unpaired) electrons. The molecule has 42 heavy (non-hydrogen) atoms. The fourth-order valence-corrected chi connectivity index (χ4v) is 8.18. The van der Waals surface area contributed by atoms with Crippen LogP contribution in [0, 0.1) is 10.8 Å². The lowest BCUT2D eigenvalue weighted by Crippen LogP contribution is -2.49. The summed E-state index contributed by atoms with van der Waals surface area (Å²) in [7, 11) is 0. The quantitative estimate of drug-likeness (QED) is 0.436. The van der Waals surface area contributed by atoms with Crippen LogP contribution in [-0.4, -0.2) is 81.2 Å².